The van der Waals surface area contributed by atoms with E-state index in [1.54, 1.807) is 6.20 Å². The summed E-state index contributed by atoms with van der Waals surface area (Å²) >= 11 is 0. The van der Waals surface area contributed by atoms with Crippen molar-refractivity contribution >= 4 is 22.7 Å². The van der Waals surface area contributed by atoms with Crippen LogP contribution in [0, 0.1) is 0 Å². The third-order valence-corrected chi connectivity index (χ3v) is 6.68. The third-order valence-electron chi connectivity index (χ3n) is 6.68. The second kappa shape index (κ2) is 7.65. The van der Waals surface area contributed by atoms with Crippen LogP contribution < -0.4 is 10.1 Å². The zero-order valence-corrected chi connectivity index (χ0v) is 18.7. The molecule has 2 aromatic carbocycles. The third kappa shape index (κ3) is 3.42. The number of aromatic nitrogens is 2. The highest BCUT2D eigenvalue weighted by molar-refractivity contribution is 6.00. The van der Waals surface area contributed by atoms with Crippen LogP contribution in [0.2, 0.25) is 0 Å². The van der Waals surface area contributed by atoms with Crippen molar-refractivity contribution in [2.24, 2.45) is 0 Å². The van der Waals surface area contributed by atoms with E-state index >= 15 is 0 Å². The first-order valence-electron chi connectivity index (χ1n) is 11.3. The number of rotatable bonds is 3. The smallest absolute Gasteiger partial charge is 0.258 e. The highest BCUT2D eigenvalue weighted by atomic mass is 16.5. The van der Waals surface area contributed by atoms with Crippen LogP contribution in [0.3, 0.4) is 0 Å². The summed E-state index contributed by atoms with van der Waals surface area (Å²) in [5, 5.41) is 11.2. The number of ether oxygens (including phenoxy) is 1. The number of H-pyrrole nitrogens is 1. The summed E-state index contributed by atoms with van der Waals surface area (Å²) in [6, 6.07) is 9.68. The first kappa shape index (κ1) is 20.5. The molecule has 2 N–H and O–H groups in total. The monoisotopic (exact) mass is 432 g/mol. The Morgan fingerprint density at radius 2 is 2.00 bits per heavy atom. The fraction of sp³-hybridized carbons (Fsp3) is 0.400. The fourth-order valence-electron chi connectivity index (χ4n) is 4.70. The van der Waals surface area contributed by atoms with Crippen LogP contribution in [-0.2, 0) is 6.42 Å². The van der Waals surface area contributed by atoms with Gasteiger partial charge in [0.2, 0.25) is 0 Å². The summed E-state index contributed by atoms with van der Waals surface area (Å²) < 4.78 is 6.30. The lowest BCUT2D eigenvalue weighted by atomic mass is 9.94. The van der Waals surface area contributed by atoms with E-state index in [9.17, 15) is 9.59 Å². The number of nitrogens with one attached hydrogen (secondary N) is 2. The number of carbonyl (C=O) groups is 2. The molecule has 166 valence electrons. The molecule has 1 saturated heterocycles. The van der Waals surface area contributed by atoms with E-state index in [0.29, 0.717) is 48.7 Å². The number of hydrogen-bond acceptors (Lipinski definition) is 4. The van der Waals surface area contributed by atoms with Gasteiger partial charge >= 0.3 is 0 Å². The van der Waals surface area contributed by atoms with Gasteiger partial charge < -0.3 is 15.0 Å². The number of likely N-dealkylation sites (tertiary alicyclic amines) is 1. The van der Waals surface area contributed by atoms with Gasteiger partial charge in [-0.1, -0.05) is 26.8 Å². The SMILES string of the molecule is CCc1cc(C(=O)N2CCC3(CC2)NC(=O)c2cc(C(C)C)ccc2O3)cc2cn[nH]c12. The number of aromatic amines is 1. The average molecular weight is 433 g/mol. The predicted octanol–water partition coefficient (Wildman–Crippen LogP) is 4.00. The maximum atomic E-state index is 13.2. The van der Waals surface area contributed by atoms with Gasteiger partial charge in [0, 0.05) is 36.9 Å². The molecular weight excluding hydrogens is 404 g/mol. The van der Waals surface area contributed by atoms with Gasteiger partial charge in [-0.3, -0.25) is 14.7 Å². The minimum Gasteiger partial charge on any atom is -0.467 e. The number of fused-ring (bicyclic) bond motifs is 2. The van der Waals surface area contributed by atoms with Gasteiger partial charge in [-0.2, -0.15) is 5.10 Å². The molecule has 2 amide bonds. The highest BCUT2D eigenvalue weighted by Crippen LogP contribution is 2.35. The van der Waals surface area contributed by atoms with E-state index in [1.807, 2.05) is 35.2 Å². The lowest BCUT2D eigenvalue weighted by Crippen LogP contribution is -2.61. The molecule has 1 spiro atoms. The van der Waals surface area contributed by atoms with Gasteiger partial charge in [0.15, 0.2) is 5.72 Å². The summed E-state index contributed by atoms with van der Waals surface area (Å²) in [6.07, 6.45) is 3.67. The number of amides is 2. The van der Waals surface area contributed by atoms with Gasteiger partial charge in [0.25, 0.3) is 11.8 Å². The number of piperidine rings is 1. The van der Waals surface area contributed by atoms with E-state index in [0.717, 1.165) is 28.5 Å². The average Bonchev–Trinajstić information content (AvgIpc) is 3.27. The van der Waals surface area contributed by atoms with Crippen LogP contribution >= 0.6 is 0 Å². The minimum atomic E-state index is -0.761. The molecule has 0 bridgehead atoms. The number of nitrogens with zero attached hydrogens (tertiary/aromatic N) is 2. The van der Waals surface area contributed by atoms with Gasteiger partial charge in [0.1, 0.15) is 5.75 Å². The van der Waals surface area contributed by atoms with Crippen molar-refractivity contribution in [3.05, 3.63) is 58.8 Å². The molecule has 3 heterocycles. The summed E-state index contributed by atoms with van der Waals surface area (Å²) in [7, 11) is 0. The van der Waals surface area contributed by atoms with Crippen molar-refractivity contribution in [2.75, 3.05) is 13.1 Å². The van der Waals surface area contributed by atoms with E-state index in [1.165, 1.54) is 0 Å². The Bertz CT molecular complexity index is 1210. The molecule has 0 radical (unpaired) electrons. The normalized spacial score (nSPS) is 17.4. The highest BCUT2D eigenvalue weighted by Gasteiger charge is 2.43. The second-order valence-electron chi connectivity index (χ2n) is 9.08. The molecule has 0 unspecified atom stereocenters. The van der Waals surface area contributed by atoms with E-state index in [4.69, 9.17) is 4.74 Å². The molecule has 3 aromatic rings. The Kier molecular flexibility index (Phi) is 4.92. The first-order valence-corrected chi connectivity index (χ1v) is 11.3. The van der Waals surface area contributed by atoms with Crippen LogP contribution in [0.1, 0.15) is 71.4 Å². The van der Waals surface area contributed by atoms with Crippen molar-refractivity contribution in [1.29, 1.82) is 0 Å². The molecule has 7 heteroatoms. The Morgan fingerprint density at radius 1 is 1.22 bits per heavy atom. The zero-order valence-electron chi connectivity index (χ0n) is 18.7. The van der Waals surface area contributed by atoms with Crippen molar-refractivity contribution in [2.45, 2.75) is 51.7 Å². The first-order chi connectivity index (χ1) is 15.4. The van der Waals surface area contributed by atoms with Crippen molar-refractivity contribution in [1.82, 2.24) is 20.4 Å². The van der Waals surface area contributed by atoms with Crippen LogP contribution in [0.5, 0.6) is 5.75 Å². The Hall–Kier alpha value is -3.35. The summed E-state index contributed by atoms with van der Waals surface area (Å²) in [4.78, 5) is 27.9. The molecular formula is C25H28N4O3. The zero-order chi connectivity index (χ0) is 22.5. The molecule has 7 nitrogen and oxygen atoms in total. The fourth-order valence-corrected chi connectivity index (χ4v) is 4.70. The number of benzene rings is 2. The molecule has 2 aliphatic rings. The molecule has 0 atom stereocenters. The maximum absolute atomic E-state index is 13.2. The topological polar surface area (TPSA) is 87.3 Å². The second-order valence-corrected chi connectivity index (χ2v) is 9.08. The minimum absolute atomic E-state index is 0.00163. The van der Waals surface area contributed by atoms with Gasteiger partial charge in [-0.15, -0.1) is 0 Å². The Morgan fingerprint density at radius 3 is 2.72 bits per heavy atom. The van der Waals surface area contributed by atoms with Crippen LogP contribution in [0.4, 0.5) is 0 Å². The van der Waals surface area contributed by atoms with Crippen LogP contribution in [0.15, 0.2) is 36.5 Å². The van der Waals surface area contributed by atoms with Crippen LogP contribution in [0.25, 0.3) is 10.9 Å². The summed E-state index contributed by atoms with van der Waals surface area (Å²) in [5.74, 6) is 0.858. The van der Waals surface area contributed by atoms with Crippen molar-refractivity contribution in [3.8, 4) is 5.75 Å². The summed E-state index contributed by atoms with van der Waals surface area (Å²) in [6.45, 7) is 7.31. The molecule has 5 rings (SSSR count). The van der Waals surface area contributed by atoms with E-state index in [2.05, 4.69) is 36.3 Å². The number of carbonyl (C=O) groups excluding carboxylic acids is 2. The van der Waals surface area contributed by atoms with Crippen LogP contribution in [-0.4, -0.2) is 45.7 Å². The molecule has 2 aliphatic heterocycles. The van der Waals surface area contributed by atoms with Gasteiger partial charge in [-0.25, -0.2) is 0 Å². The Labute approximate surface area is 187 Å². The summed E-state index contributed by atoms with van der Waals surface area (Å²) in [5.41, 5.74) is 3.67. The van der Waals surface area contributed by atoms with Gasteiger partial charge in [0.05, 0.1) is 17.3 Å². The lowest BCUT2D eigenvalue weighted by molar-refractivity contribution is -0.0245. The number of aryl methyl sites for hydroxylation is 1. The largest absolute Gasteiger partial charge is 0.467 e. The Balaban J connectivity index is 1.33. The molecule has 0 aliphatic carbocycles. The van der Waals surface area contributed by atoms with Gasteiger partial charge in [-0.05, 0) is 47.7 Å². The molecule has 32 heavy (non-hydrogen) atoms. The molecule has 0 saturated carbocycles. The maximum Gasteiger partial charge on any atom is 0.258 e. The van der Waals surface area contributed by atoms with E-state index in [-0.39, 0.29) is 11.8 Å². The van der Waals surface area contributed by atoms with E-state index < -0.39 is 5.72 Å². The van der Waals surface area contributed by atoms with Crippen molar-refractivity contribution in [3.63, 3.8) is 0 Å². The predicted molar refractivity (Wildman–Crippen MR) is 122 cm³/mol. The standard InChI is InChI=1S/C25H28N4O3/c1-4-16-11-18(12-19-14-26-28-22(16)19)24(31)29-9-7-25(8-10-29)27-23(30)20-13-17(15(2)3)5-6-21(20)32-25/h5-6,11-15H,4,7-10H2,1-3H3,(H,26,28)(H,27,30). The lowest BCUT2D eigenvalue weighted by Gasteiger charge is -2.44. The quantitative estimate of drug-likeness (QED) is 0.655. The van der Waals surface area contributed by atoms with Crippen molar-refractivity contribution < 1.29 is 14.3 Å². The molecule has 1 fully saturated rings. The number of hydrogen-bond donors (Lipinski definition) is 2. The molecule has 1 aromatic heterocycles.